The Kier molecular flexibility index (Phi) is 13.9. The number of aryl methyl sites for hydroxylation is 2. The van der Waals surface area contributed by atoms with Crippen LogP contribution in [0.25, 0.3) is 9.81 Å². The van der Waals surface area contributed by atoms with Crippen molar-refractivity contribution < 1.29 is 82.4 Å². The Morgan fingerprint density at radius 1 is 0.494 bits per heavy atom. The Morgan fingerprint density at radius 2 is 0.901 bits per heavy atom. The number of thiophene rings is 4. The molecule has 2 aromatic carbocycles. The fraction of sp³-hybridized carbons (Fsp3) is 0.382. The minimum Gasteiger partial charge on any atom is -0.744 e. The molecule has 0 amide bonds. The van der Waals surface area contributed by atoms with E-state index in [0.717, 1.165) is 57.3 Å². The van der Waals surface area contributed by atoms with Crippen molar-refractivity contribution in [1.82, 2.24) is 0 Å². The van der Waals surface area contributed by atoms with Gasteiger partial charge in [-0.3, -0.25) is 0 Å². The van der Waals surface area contributed by atoms with Gasteiger partial charge in [-0.15, -0.1) is 68.9 Å². The zero-order valence-electron chi connectivity index (χ0n) is 43.6. The van der Waals surface area contributed by atoms with Gasteiger partial charge in [-0.25, -0.2) is 12.6 Å². The normalized spacial score (nSPS) is 23.4. The summed E-state index contributed by atoms with van der Waals surface area (Å²) in [6.45, 7) is 11.5. The summed E-state index contributed by atoms with van der Waals surface area (Å²) in [5.41, 5.74) is 1.76. The minimum atomic E-state index is -4.56. The second-order valence-electron chi connectivity index (χ2n) is 19.8. The largest absolute Gasteiger partial charge is 0.744 e. The number of hydrogen-bond acceptors (Lipinski definition) is 24. The lowest BCUT2D eigenvalue weighted by Gasteiger charge is -2.24. The molecule has 12 heterocycles. The minimum absolute atomic E-state index is 0.00287. The number of fused-ring (bicyclic) bond motifs is 4. The Morgan fingerprint density at radius 3 is 1.40 bits per heavy atom. The third kappa shape index (κ3) is 9.48. The van der Waals surface area contributed by atoms with Gasteiger partial charge in [0, 0.05) is 9.75 Å². The summed E-state index contributed by atoms with van der Waals surface area (Å²) >= 11 is 9.18. The van der Waals surface area contributed by atoms with Crippen LogP contribution in [-0.4, -0.2) is 100 Å². The maximum absolute atomic E-state index is 14.2. The van der Waals surface area contributed by atoms with Gasteiger partial charge in [0.1, 0.15) is 86.7 Å². The molecule has 81 heavy (non-hydrogen) atoms. The van der Waals surface area contributed by atoms with E-state index in [4.69, 9.17) is 61.0 Å². The number of hydrogen-bond donors (Lipinski definition) is 0. The van der Waals surface area contributed by atoms with Crippen LogP contribution >= 0.6 is 68.9 Å². The van der Waals surface area contributed by atoms with E-state index in [9.17, 15) is 21.4 Å². The molecule has 18 nitrogen and oxygen atoms in total. The Labute approximate surface area is 489 Å². The average Bonchev–Trinajstić information content (AvgIpc) is 4.28. The maximum atomic E-state index is 14.2. The van der Waals surface area contributed by atoms with Crippen LogP contribution in [0.4, 0.5) is 0 Å². The first-order chi connectivity index (χ1) is 39.2. The molecule has 8 aliphatic rings. The third-order valence-electron chi connectivity index (χ3n) is 14.5. The smallest absolute Gasteiger partial charge is 0.300 e. The van der Waals surface area contributed by atoms with Gasteiger partial charge in [0.15, 0.2) is 75.6 Å². The van der Waals surface area contributed by atoms with Gasteiger partial charge in [-0.1, -0.05) is 38.1 Å². The summed E-state index contributed by atoms with van der Waals surface area (Å²) in [5.74, 6) is 7.07. The standard InChI is InChI=1S/C55H50O18S8/c1-25(29-5-9-31(10-6-29)80(56,57)58)23-26(2)30-7-11-32(12-8-30)81(59,60)73-33-24-71-44-45(72-33)55(53-43-39(66-18-22-70-43)49(77-53)47-37-35(28(4)75-47)62-14-16-64-37)79-54(44)52-42-41(68-20-21-69-42)51(78-52)50-40-38(65-17-19-67-40)48(76-50)46-36-34(27(3)74-46)61-13-15-63-36/h5-12,25-26,33,48-49H,13-24H2,1-4H3,(H,56,57,58)/p-1/b51-50+,54-52+,55-53+. The van der Waals surface area contributed by atoms with Crippen molar-refractivity contribution in [2.75, 3.05) is 72.7 Å². The maximum Gasteiger partial charge on any atom is 0.300 e. The van der Waals surface area contributed by atoms with E-state index in [1.165, 1.54) is 58.7 Å². The van der Waals surface area contributed by atoms with Gasteiger partial charge in [-0.05, 0) is 67.5 Å². The first-order valence-electron chi connectivity index (χ1n) is 26.0. The van der Waals surface area contributed by atoms with Crippen molar-refractivity contribution in [3.63, 3.8) is 0 Å². The van der Waals surface area contributed by atoms with Gasteiger partial charge < -0.3 is 61.4 Å². The molecule has 0 saturated heterocycles. The van der Waals surface area contributed by atoms with E-state index in [-0.39, 0.29) is 44.5 Å². The highest BCUT2D eigenvalue weighted by atomic mass is 32.2. The van der Waals surface area contributed by atoms with Crippen molar-refractivity contribution in [2.24, 2.45) is 0 Å². The number of thioether (sulfide) groups is 2. The molecule has 26 heteroatoms. The van der Waals surface area contributed by atoms with Crippen LogP contribution in [0.1, 0.15) is 73.2 Å². The Bertz CT molecular complexity index is 4080. The molecule has 0 spiro atoms. The summed E-state index contributed by atoms with van der Waals surface area (Å²) in [7, 11) is -9.00. The lowest BCUT2D eigenvalue weighted by Crippen LogP contribution is -2.35. The topological polar surface area (TPSA) is 211 Å². The molecule has 8 aliphatic heterocycles. The first-order valence-corrected chi connectivity index (χ1v) is 33.9. The van der Waals surface area contributed by atoms with Crippen molar-refractivity contribution in [1.29, 1.82) is 0 Å². The fourth-order valence-electron chi connectivity index (χ4n) is 10.8. The van der Waals surface area contributed by atoms with E-state index in [1.54, 1.807) is 58.7 Å². The fourth-order valence-corrected chi connectivity index (χ4v) is 20.2. The second kappa shape index (κ2) is 21.0. The molecule has 0 bridgehead atoms. The molecule has 5 atom stereocenters. The van der Waals surface area contributed by atoms with Crippen LogP contribution in [0.15, 0.2) is 81.4 Å². The summed E-state index contributed by atoms with van der Waals surface area (Å²) in [6, 6.07) is 12.4. The van der Waals surface area contributed by atoms with Crippen molar-refractivity contribution in [3.05, 3.63) is 120 Å². The highest BCUT2D eigenvalue weighted by molar-refractivity contribution is 8.09. The van der Waals surface area contributed by atoms with Crippen LogP contribution < -0.4 is 47.0 Å². The van der Waals surface area contributed by atoms with Gasteiger partial charge in [0.25, 0.3) is 16.4 Å². The highest BCUT2D eigenvalue weighted by Gasteiger charge is 2.45. The molecule has 0 saturated carbocycles. The SMILES string of the molecule is Cc1sc(C2S/C(=c3/s/c(=c4/s/c(=C5/SC(c6sc(C)c7c6OCCO7)C6=C5OCCO6)c5c4OCC(OS(=O)(=O)c4ccc(C(C)CC(C)c6ccc(S(=O)(=O)[O-])cc6)cc4)O5)c4c3OCCO4)C3=C2OCCO3)c2c1OCCO2. The summed E-state index contributed by atoms with van der Waals surface area (Å²) < 4.78 is 149. The highest BCUT2D eigenvalue weighted by Crippen LogP contribution is 2.62. The van der Waals surface area contributed by atoms with Crippen LogP contribution in [0.3, 0.4) is 0 Å². The molecule has 0 radical (unpaired) electrons. The van der Waals surface area contributed by atoms with Crippen LogP contribution in [0, 0.1) is 22.9 Å². The van der Waals surface area contributed by atoms with Crippen LogP contribution in [0.5, 0.6) is 46.0 Å². The van der Waals surface area contributed by atoms with E-state index in [0.29, 0.717) is 137 Å². The van der Waals surface area contributed by atoms with Crippen LogP contribution in [0.2, 0.25) is 0 Å². The molecular formula is C55H49O18S8-. The number of rotatable bonds is 10. The number of ether oxygens (including phenoxy) is 12. The lowest BCUT2D eigenvalue weighted by molar-refractivity contribution is -0.0440. The molecule has 6 aromatic rings. The monoisotopic (exact) mass is 1250 g/mol. The first kappa shape index (κ1) is 53.6. The van der Waals surface area contributed by atoms with Gasteiger partial charge >= 0.3 is 0 Å². The molecule has 426 valence electrons. The van der Waals surface area contributed by atoms with E-state index >= 15 is 0 Å². The molecule has 0 N–H and O–H groups in total. The molecule has 4 aromatic heterocycles. The van der Waals surface area contributed by atoms with Gasteiger partial charge in [-0.2, -0.15) is 8.42 Å². The molecule has 0 aliphatic carbocycles. The zero-order chi connectivity index (χ0) is 55.5. The molecule has 14 rings (SSSR count). The average molecular weight is 1250 g/mol. The van der Waals surface area contributed by atoms with E-state index in [1.807, 2.05) is 27.7 Å². The molecule has 5 unspecified atom stereocenters. The molecule has 0 fully saturated rings. The summed E-state index contributed by atoms with van der Waals surface area (Å²) in [4.78, 5) is 5.07. The van der Waals surface area contributed by atoms with Crippen molar-refractivity contribution >= 4 is 98.9 Å². The third-order valence-corrected chi connectivity index (χ3v) is 24.6. The van der Waals surface area contributed by atoms with E-state index < -0.39 is 26.5 Å². The Hall–Kier alpha value is -5.42. The quantitative estimate of drug-likeness (QED) is 0.0923. The number of benzene rings is 2. The zero-order valence-corrected chi connectivity index (χ0v) is 50.1. The van der Waals surface area contributed by atoms with E-state index in [2.05, 4.69) is 0 Å². The lowest BCUT2D eigenvalue weighted by atomic mass is 9.87. The molecular weight excluding hydrogens is 1210 g/mol. The van der Waals surface area contributed by atoms with Crippen LogP contribution in [-0.2, 0) is 43.4 Å². The van der Waals surface area contributed by atoms with Crippen molar-refractivity contribution in [2.45, 2.75) is 72.5 Å². The van der Waals surface area contributed by atoms with Crippen molar-refractivity contribution in [3.8, 4) is 46.0 Å². The Balaban J connectivity index is 0.856. The predicted molar refractivity (Wildman–Crippen MR) is 302 cm³/mol. The van der Waals surface area contributed by atoms with Gasteiger partial charge in [0.05, 0.1) is 47.5 Å². The second-order valence-corrected chi connectivity index (χ2v) is 29.5. The summed E-state index contributed by atoms with van der Waals surface area (Å²) in [5, 5.41) is -0.644. The predicted octanol–water partition coefficient (Wildman–Crippen LogP) is 9.56. The van der Waals surface area contributed by atoms with Gasteiger partial charge in [0.2, 0.25) is 0 Å². The summed E-state index contributed by atoms with van der Waals surface area (Å²) in [6.07, 6.45) is -0.746.